The quantitative estimate of drug-likeness (QED) is 0.788. The number of benzene rings is 1. The van der Waals surface area contributed by atoms with Crippen molar-refractivity contribution < 1.29 is 13.9 Å². The fourth-order valence-electron chi connectivity index (χ4n) is 4.16. The van der Waals surface area contributed by atoms with E-state index in [2.05, 4.69) is 0 Å². The number of nitrogens with zero attached hydrogens (tertiary/aromatic N) is 1. The lowest BCUT2D eigenvalue weighted by molar-refractivity contribution is 0.0289. The van der Waals surface area contributed by atoms with E-state index < -0.39 is 5.63 Å². The number of carbonyl (C=O) groups excluding carboxylic acids is 1. The summed E-state index contributed by atoms with van der Waals surface area (Å²) in [6, 6.07) is 7.35. The number of rotatable bonds is 2. The molecule has 1 aromatic heterocycles. The zero-order chi connectivity index (χ0) is 17.4. The van der Waals surface area contributed by atoms with Crippen molar-refractivity contribution in [3.05, 3.63) is 45.8 Å². The highest BCUT2D eigenvalue weighted by Gasteiger charge is 2.32. The highest BCUT2D eigenvalue weighted by Crippen LogP contribution is 2.29. The second kappa shape index (κ2) is 6.64. The van der Waals surface area contributed by atoms with Gasteiger partial charge in [0.15, 0.2) is 0 Å². The Morgan fingerprint density at radius 1 is 1.16 bits per heavy atom. The first-order valence-corrected chi connectivity index (χ1v) is 9.08. The average Bonchev–Trinajstić information content (AvgIpc) is 3.16. The van der Waals surface area contributed by atoms with Crippen molar-refractivity contribution >= 4 is 16.9 Å². The first-order chi connectivity index (χ1) is 12.1. The first kappa shape index (κ1) is 16.3. The van der Waals surface area contributed by atoms with Gasteiger partial charge in [-0.25, -0.2) is 4.79 Å². The Morgan fingerprint density at radius 2 is 1.92 bits per heavy atom. The molecule has 2 fully saturated rings. The standard InChI is InChI=1S/C20H23NO4/c1-13-15-5-2-3-6-17(15)25-20(23)18(13)19(22)21-10-8-14(9-11-21)16-7-4-12-24-16/h2-3,5-6,14,16H,4,7-12H2,1H3. The molecule has 1 unspecified atom stereocenters. The van der Waals surface area contributed by atoms with Gasteiger partial charge in [0.1, 0.15) is 11.1 Å². The maximum absolute atomic E-state index is 12.9. The summed E-state index contributed by atoms with van der Waals surface area (Å²) in [7, 11) is 0. The number of amides is 1. The number of carbonyl (C=O) groups is 1. The number of para-hydroxylation sites is 1. The van der Waals surface area contributed by atoms with Crippen LogP contribution in [-0.2, 0) is 4.74 Å². The van der Waals surface area contributed by atoms with Gasteiger partial charge in [0, 0.05) is 25.1 Å². The number of hydrogen-bond donors (Lipinski definition) is 0. The van der Waals surface area contributed by atoms with E-state index in [-0.39, 0.29) is 11.5 Å². The fraction of sp³-hybridized carbons (Fsp3) is 0.500. The third-order valence-electron chi connectivity index (χ3n) is 5.60. The molecule has 0 N–H and O–H groups in total. The number of ether oxygens (including phenoxy) is 1. The van der Waals surface area contributed by atoms with Gasteiger partial charge in [-0.1, -0.05) is 18.2 Å². The monoisotopic (exact) mass is 341 g/mol. The summed E-state index contributed by atoms with van der Waals surface area (Å²) in [5.74, 6) is 0.323. The van der Waals surface area contributed by atoms with Crippen molar-refractivity contribution in [2.75, 3.05) is 19.7 Å². The van der Waals surface area contributed by atoms with Gasteiger partial charge in [-0.2, -0.15) is 0 Å². The lowest BCUT2D eigenvalue weighted by Crippen LogP contribution is -2.42. The lowest BCUT2D eigenvalue weighted by Gasteiger charge is -2.34. The molecule has 25 heavy (non-hydrogen) atoms. The minimum absolute atomic E-state index is 0.175. The molecule has 0 bridgehead atoms. The number of aryl methyl sites for hydroxylation is 1. The largest absolute Gasteiger partial charge is 0.422 e. The van der Waals surface area contributed by atoms with E-state index in [1.165, 1.54) is 0 Å². The molecule has 0 aliphatic carbocycles. The summed E-state index contributed by atoms with van der Waals surface area (Å²) in [4.78, 5) is 27.1. The molecule has 5 heteroatoms. The van der Waals surface area contributed by atoms with E-state index in [0.717, 1.165) is 37.7 Å². The summed E-state index contributed by atoms with van der Waals surface area (Å²) in [6.07, 6.45) is 4.50. The van der Waals surface area contributed by atoms with Crippen LogP contribution in [0.3, 0.4) is 0 Å². The lowest BCUT2D eigenvalue weighted by atomic mass is 9.89. The zero-order valence-corrected chi connectivity index (χ0v) is 14.5. The second-order valence-corrected chi connectivity index (χ2v) is 7.07. The van der Waals surface area contributed by atoms with Gasteiger partial charge in [0.2, 0.25) is 0 Å². The number of fused-ring (bicyclic) bond motifs is 1. The van der Waals surface area contributed by atoms with Crippen molar-refractivity contribution in [2.24, 2.45) is 5.92 Å². The van der Waals surface area contributed by atoms with E-state index in [9.17, 15) is 9.59 Å². The Labute approximate surface area is 146 Å². The second-order valence-electron chi connectivity index (χ2n) is 7.07. The molecule has 5 nitrogen and oxygen atoms in total. The third kappa shape index (κ3) is 2.97. The Balaban J connectivity index is 1.55. The molecule has 1 amide bonds. The molecule has 1 atom stereocenters. The normalized spacial score (nSPS) is 21.8. The van der Waals surface area contributed by atoms with Crippen LogP contribution in [-0.4, -0.2) is 36.6 Å². The van der Waals surface area contributed by atoms with Gasteiger partial charge < -0.3 is 14.1 Å². The van der Waals surface area contributed by atoms with Crippen LogP contribution in [0.25, 0.3) is 11.0 Å². The van der Waals surface area contributed by atoms with Crippen LogP contribution in [0.15, 0.2) is 33.5 Å². The van der Waals surface area contributed by atoms with Crippen LogP contribution < -0.4 is 5.63 Å². The SMILES string of the molecule is Cc1c(C(=O)N2CCC(C3CCCO3)CC2)c(=O)oc2ccccc12. The van der Waals surface area contributed by atoms with Crippen molar-refractivity contribution in [3.8, 4) is 0 Å². The van der Waals surface area contributed by atoms with Gasteiger partial charge in [0.25, 0.3) is 5.91 Å². The Morgan fingerprint density at radius 3 is 2.64 bits per heavy atom. The summed E-state index contributed by atoms with van der Waals surface area (Å²) >= 11 is 0. The molecule has 2 saturated heterocycles. The Kier molecular flexibility index (Phi) is 4.34. The molecule has 2 aromatic rings. The van der Waals surface area contributed by atoms with Crippen molar-refractivity contribution in [2.45, 2.75) is 38.7 Å². The predicted octanol–water partition coefficient (Wildman–Crippen LogP) is 3.13. The van der Waals surface area contributed by atoms with Crippen molar-refractivity contribution in [3.63, 3.8) is 0 Å². The molecule has 0 saturated carbocycles. The molecule has 1 aromatic carbocycles. The zero-order valence-electron chi connectivity index (χ0n) is 14.5. The highest BCUT2D eigenvalue weighted by molar-refractivity contribution is 5.99. The smallest absolute Gasteiger partial charge is 0.349 e. The van der Waals surface area contributed by atoms with Gasteiger partial charge in [0.05, 0.1) is 6.10 Å². The first-order valence-electron chi connectivity index (χ1n) is 9.08. The topological polar surface area (TPSA) is 59.8 Å². The van der Waals surface area contributed by atoms with E-state index in [4.69, 9.17) is 9.15 Å². The summed E-state index contributed by atoms with van der Waals surface area (Å²) in [5.41, 5.74) is 0.869. The Bertz CT molecular complexity index is 842. The number of piperidine rings is 1. The summed E-state index contributed by atoms with van der Waals surface area (Å²) in [5, 5.41) is 0.819. The van der Waals surface area contributed by atoms with Gasteiger partial charge in [-0.05, 0) is 50.2 Å². The van der Waals surface area contributed by atoms with Crippen LogP contribution in [0.5, 0.6) is 0 Å². The molecule has 0 radical (unpaired) electrons. The fourth-order valence-corrected chi connectivity index (χ4v) is 4.16. The molecule has 4 rings (SSSR count). The molecular weight excluding hydrogens is 318 g/mol. The van der Waals surface area contributed by atoms with E-state index >= 15 is 0 Å². The minimum Gasteiger partial charge on any atom is -0.422 e. The van der Waals surface area contributed by atoms with Crippen LogP contribution in [0.2, 0.25) is 0 Å². The molecule has 2 aliphatic rings. The third-order valence-corrected chi connectivity index (χ3v) is 5.60. The molecule has 0 spiro atoms. The molecule has 132 valence electrons. The summed E-state index contributed by atoms with van der Waals surface area (Å²) in [6.45, 7) is 4.04. The number of hydrogen-bond acceptors (Lipinski definition) is 4. The van der Waals surface area contributed by atoms with Crippen LogP contribution in [0.1, 0.15) is 41.6 Å². The van der Waals surface area contributed by atoms with E-state index in [1.807, 2.05) is 25.1 Å². The van der Waals surface area contributed by atoms with Gasteiger partial charge >= 0.3 is 5.63 Å². The van der Waals surface area contributed by atoms with Crippen LogP contribution in [0.4, 0.5) is 0 Å². The van der Waals surface area contributed by atoms with Gasteiger partial charge in [-0.3, -0.25) is 4.79 Å². The highest BCUT2D eigenvalue weighted by atomic mass is 16.5. The predicted molar refractivity (Wildman–Crippen MR) is 94.8 cm³/mol. The van der Waals surface area contributed by atoms with Crippen molar-refractivity contribution in [1.82, 2.24) is 4.90 Å². The van der Waals surface area contributed by atoms with Crippen LogP contribution >= 0.6 is 0 Å². The van der Waals surface area contributed by atoms with Crippen molar-refractivity contribution in [1.29, 1.82) is 0 Å². The molecular formula is C20H23NO4. The maximum atomic E-state index is 12.9. The summed E-state index contributed by atoms with van der Waals surface area (Å²) < 4.78 is 11.2. The number of likely N-dealkylation sites (tertiary alicyclic amines) is 1. The van der Waals surface area contributed by atoms with Gasteiger partial charge in [-0.15, -0.1) is 0 Å². The minimum atomic E-state index is -0.539. The Hall–Kier alpha value is -2.14. The molecule has 3 heterocycles. The van der Waals surface area contributed by atoms with E-state index in [1.54, 1.807) is 11.0 Å². The molecule has 2 aliphatic heterocycles. The van der Waals surface area contributed by atoms with E-state index in [0.29, 0.717) is 36.3 Å². The maximum Gasteiger partial charge on any atom is 0.349 e. The average molecular weight is 341 g/mol. The van der Waals surface area contributed by atoms with Crippen LogP contribution in [0, 0.1) is 12.8 Å².